The van der Waals surface area contributed by atoms with Gasteiger partial charge in [0.2, 0.25) is 0 Å². The molecule has 0 atom stereocenters. The van der Waals surface area contributed by atoms with E-state index in [1.54, 1.807) is 0 Å². The summed E-state index contributed by atoms with van der Waals surface area (Å²) in [5, 5.41) is 2.59. The predicted molar refractivity (Wildman–Crippen MR) is 42.8 cm³/mol. The minimum absolute atomic E-state index is 0. The van der Waals surface area contributed by atoms with Crippen LogP contribution in [-0.4, -0.2) is 20.0 Å². The molecule has 1 N–H and O–H groups in total. The van der Waals surface area contributed by atoms with Gasteiger partial charge in [0.25, 0.3) is 0 Å². The van der Waals surface area contributed by atoms with Crippen LogP contribution in [0.5, 0.6) is 0 Å². The smallest absolute Gasteiger partial charge is 0.746 e. The van der Waals surface area contributed by atoms with Crippen LogP contribution in [-0.2, 0) is 10.1 Å². The average molecular weight is 231 g/mol. The van der Waals surface area contributed by atoms with Crippen molar-refractivity contribution in [2.45, 2.75) is 4.90 Å². The van der Waals surface area contributed by atoms with Gasteiger partial charge in [-0.3, -0.25) is 0 Å². The molecule has 0 aliphatic carbocycles. The van der Waals surface area contributed by atoms with Crippen molar-refractivity contribution in [3.05, 3.63) is 24.3 Å². The zero-order chi connectivity index (χ0) is 9.19. The maximum atomic E-state index is 10.6. The molecule has 0 aliphatic rings. The van der Waals surface area contributed by atoms with Gasteiger partial charge in [-0.15, -0.1) is 0 Å². The van der Waals surface area contributed by atoms with Gasteiger partial charge in [-0.05, 0) is 11.9 Å². The van der Waals surface area contributed by atoms with Crippen LogP contribution in [0.3, 0.4) is 0 Å². The molecule has 0 aliphatic heterocycles. The molecule has 0 radical (unpaired) electrons. The van der Waals surface area contributed by atoms with Crippen LogP contribution in [0.25, 0.3) is 0 Å². The number of anilines is 1. The van der Waals surface area contributed by atoms with Gasteiger partial charge in [0.15, 0.2) is 0 Å². The Labute approximate surface area is 128 Å². The predicted octanol–water partition coefficient (Wildman–Crippen LogP) is -5.56. The fraction of sp³-hybridized carbons (Fsp3) is 0.143. The van der Waals surface area contributed by atoms with Crippen molar-refractivity contribution >= 4 is 15.8 Å². The molecule has 1 aromatic rings. The summed E-state index contributed by atoms with van der Waals surface area (Å²) in [7, 11) is -2.84. The van der Waals surface area contributed by atoms with E-state index in [-0.39, 0.29) is 69.7 Å². The third-order valence-electron chi connectivity index (χ3n) is 1.36. The fourth-order valence-electron chi connectivity index (χ4n) is 0.830. The van der Waals surface area contributed by atoms with E-state index in [2.05, 4.69) is 11.4 Å². The Morgan fingerprint density at radius 2 is 2.00 bits per heavy atom. The monoisotopic (exact) mass is 231 g/mol. The Morgan fingerprint density at radius 3 is 2.36 bits per heavy atom. The van der Waals surface area contributed by atoms with Crippen molar-refractivity contribution in [3.8, 4) is 0 Å². The summed E-state index contributed by atoms with van der Waals surface area (Å²) in [4.78, 5) is -0.247. The largest absolute Gasteiger partial charge is 1.00 e. The van der Waals surface area contributed by atoms with Crippen molar-refractivity contribution in [3.63, 3.8) is 0 Å². The van der Waals surface area contributed by atoms with Crippen molar-refractivity contribution in [2.75, 3.05) is 12.4 Å². The molecular formula is C7H7NNa2O3S. The second-order valence-electron chi connectivity index (χ2n) is 2.13. The molecule has 7 heteroatoms. The molecule has 0 fully saturated rings. The molecule has 0 unspecified atom stereocenters. The van der Waals surface area contributed by atoms with Crippen molar-refractivity contribution in [2.24, 2.45) is 0 Å². The first-order chi connectivity index (χ1) is 5.55. The van der Waals surface area contributed by atoms with E-state index in [1.165, 1.54) is 25.2 Å². The van der Waals surface area contributed by atoms with E-state index >= 15 is 0 Å². The molecule has 1 aromatic carbocycles. The standard InChI is InChI=1S/C7H8NO3S.2Na/c1-8-6-4-2-3-5-7(6)12(9,10)11;;/h3-5,8H,1H3,(H,9,10,11);;/q-1;2*+1/p-1. The summed E-state index contributed by atoms with van der Waals surface area (Å²) in [5.41, 5.74) is 0.271. The molecule has 0 saturated carbocycles. The zero-order valence-corrected chi connectivity index (χ0v) is 13.2. The number of benzene rings is 1. The number of hydrogen-bond acceptors (Lipinski definition) is 4. The van der Waals surface area contributed by atoms with Crippen molar-refractivity contribution in [1.82, 2.24) is 0 Å². The topological polar surface area (TPSA) is 69.2 Å². The van der Waals surface area contributed by atoms with E-state index < -0.39 is 10.1 Å². The first-order valence-corrected chi connectivity index (χ1v) is 4.60. The van der Waals surface area contributed by atoms with Gasteiger partial charge in [0.1, 0.15) is 10.1 Å². The summed E-state index contributed by atoms with van der Waals surface area (Å²) < 4.78 is 31.8. The van der Waals surface area contributed by atoms with Crippen molar-refractivity contribution in [1.29, 1.82) is 0 Å². The average Bonchev–Trinajstić information content (AvgIpc) is 2.03. The summed E-state index contributed by atoms with van der Waals surface area (Å²) in [6.45, 7) is 0. The Morgan fingerprint density at radius 1 is 1.43 bits per heavy atom. The van der Waals surface area contributed by atoms with Crippen LogP contribution < -0.4 is 64.4 Å². The van der Waals surface area contributed by atoms with Gasteiger partial charge >= 0.3 is 59.1 Å². The van der Waals surface area contributed by atoms with E-state index in [0.717, 1.165) is 0 Å². The van der Waals surface area contributed by atoms with Gasteiger partial charge in [-0.25, -0.2) is 8.42 Å². The molecule has 14 heavy (non-hydrogen) atoms. The maximum absolute atomic E-state index is 10.6. The summed E-state index contributed by atoms with van der Waals surface area (Å²) in [6, 6.07) is 6.66. The van der Waals surface area contributed by atoms with Gasteiger partial charge in [-0.2, -0.15) is 24.3 Å². The molecule has 0 spiro atoms. The molecule has 0 aromatic heterocycles. The molecule has 66 valence electrons. The first-order valence-electron chi connectivity index (χ1n) is 3.19. The fourth-order valence-corrected chi connectivity index (χ4v) is 1.49. The molecule has 0 bridgehead atoms. The van der Waals surface area contributed by atoms with Crippen LogP contribution in [0.4, 0.5) is 5.69 Å². The van der Waals surface area contributed by atoms with Crippen molar-refractivity contribution < 1.29 is 72.1 Å². The van der Waals surface area contributed by atoms with E-state index in [0.29, 0.717) is 0 Å². The molecule has 0 heterocycles. The van der Waals surface area contributed by atoms with E-state index in [9.17, 15) is 13.0 Å². The SMILES string of the molecule is CNc1c[c-]ccc1S(=O)(=O)[O-].[Na+].[Na+]. The Kier molecular flexibility index (Phi) is 8.97. The van der Waals surface area contributed by atoms with E-state index in [1.807, 2.05) is 0 Å². The molecule has 0 amide bonds. The minimum atomic E-state index is -4.38. The Bertz CT molecular complexity index is 380. The second-order valence-corrected chi connectivity index (χ2v) is 3.47. The number of hydrogen-bond donors (Lipinski definition) is 1. The zero-order valence-electron chi connectivity index (χ0n) is 8.37. The number of nitrogens with one attached hydrogen (secondary N) is 1. The first kappa shape index (κ1) is 17.3. The minimum Gasteiger partial charge on any atom is -0.746 e. The van der Waals surface area contributed by atoms with Crippen LogP contribution in [0.1, 0.15) is 0 Å². The van der Waals surface area contributed by atoms with Gasteiger partial charge in [-0.1, -0.05) is 5.69 Å². The Balaban J connectivity index is 0. The van der Waals surface area contributed by atoms with Gasteiger partial charge < -0.3 is 9.87 Å². The molecular weight excluding hydrogens is 224 g/mol. The third kappa shape index (κ3) is 4.63. The van der Waals surface area contributed by atoms with Crippen LogP contribution in [0, 0.1) is 6.07 Å². The molecule has 0 saturated heterocycles. The second kappa shape index (κ2) is 7.24. The van der Waals surface area contributed by atoms with Crippen LogP contribution in [0.15, 0.2) is 23.1 Å². The molecule has 4 nitrogen and oxygen atoms in total. The summed E-state index contributed by atoms with van der Waals surface area (Å²) in [5.74, 6) is 0. The quantitative estimate of drug-likeness (QED) is 0.313. The summed E-state index contributed by atoms with van der Waals surface area (Å²) >= 11 is 0. The molecule has 1 rings (SSSR count). The summed E-state index contributed by atoms with van der Waals surface area (Å²) in [6.07, 6.45) is 0. The van der Waals surface area contributed by atoms with Gasteiger partial charge in [0.05, 0.1) is 0 Å². The van der Waals surface area contributed by atoms with Crippen LogP contribution in [0.2, 0.25) is 0 Å². The third-order valence-corrected chi connectivity index (χ3v) is 2.26. The number of rotatable bonds is 2. The van der Waals surface area contributed by atoms with Crippen LogP contribution >= 0.6 is 0 Å². The Hall–Kier alpha value is 0.930. The van der Waals surface area contributed by atoms with Gasteiger partial charge in [0, 0.05) is 0 Å². The van der Waals surface area contributed by atoms with E-state index in [4.69, 9.17) is 0 Å². The normalized spacial score (nSPS) is 9.57. The maximum Gasteiger partial charge on any atom is 1.00 e.